The van der Waals surface area contributed by atoms with Gasteiger partial charge in [0.2, 0.25) is 0 Å². The van der Waals surface area contributed by atoms with Crippen LogP contribution in [0, 0.1) is 0 Å². The second-order valence-electron chi connectivity index (χ2n) is 2.97. The van der Waals surface area contributed by atoms with Gasteiger partial charge < -0.3 is 0 Å². The van der Waals surface area contributed by atoms with Gasteiger partial charge in [-0.1, -0.05) is 42.5 Å². The fourth-order valence-electron chi connectivity index (χ4n) is 1.35. The molecule has 0 saturated heterocycles. The van der Waals surface area contributed by atoms with Crippen molar-refractivity contribution in [3.05, 3.63) is 48.0 Å². The van der Waals surface area contributed by atoms with Gasteiger partial charge >= 0.3 is 0 Å². The number of thiocarbonyl (C=S) groups is 1. The van der Waals surface area contributed by atoms with Crippen LogP contribution in [0.4, 0.5) is 0 Å². The maximum atomic E-state index is 4.56. The van der Waals surface area contributed by atoms with E-state index in [9.17, 15) is 0 Å². The van der Waals surface area contributed by atoms with Gasteiger partial charge in [0.15, 0.2) is 0 Å². The van der Waals surface area contributed by atoms with Crippen LogP contribution in [0.3, 0.4) is 0 Å². The van der Waals surface area contributed by atoms with Crippen LogP contribution >= 0.6 is 12.2 Å². The monoisotopic (exact) mass is 203 g/mol. The Morgan fingerprint density at radius 3 is 2.71 bits per heavy atom. The Balaban J connectivity index is 2.82. The zero-order valence-corrected chi connectivity index (χ0v) is 9.00. The third kappa shape index (κ3) is 3.25. The number of aliphatic imine (C=N–C) groups is 1. The summed E-state index contributed by atoms with van der Waals surface area (Å²) < 4.78 is 0. The van der Waals surface area contributed by atoms with Crippen LogP contribution < -0.4 is 0 Å². The SMILES string of the molecule is C/C=C\C(CN=C=S)c1ccccc1. The summed E-state index contributed by atoms with van der Waals surface area (Å²) >= 11 is 4.56. The van der Waals surface area contributed by atoms with Crippen LogP contribution in [0.15, 0.2) is 47.5 Å². The molecule has 0 bridgehead atoms. The molecule has 0 spiro atoms. The summed E-state index contributed by atoms with van der Waals surface area (Å²) in [7, 11) is 0. The standard InChI is InChI=1S/C12H13NS/c1-2-6-12(9-13-10-14)11-7-4-3-5-8-11/h2-8,12H,9H2,1H3/b6-2-. The smallest absolute Gasteiger partial charge is 0.0596 e. The molecule has 1 unspecified atom stereocenters. The van der Waals surface area contributed by atoms with Crippen LogP contribution in [0.5, 0.6) is 0 Å². The van der Waals surface area contributed by atoms with E-state index in [4.69, 9.17) is 0 Å². The molecule has 0 aliphatic heterocycles. The number of hydrogen-bond acceptors (Lipinski definition) is 2. The lowest BCUT2D eigenvalue weighted by Gasteiger charge is -2.08. The third-order valence-electron chi connectivity index (χ3n) is 2.01. The van der Waals surface area contributed by atoms with Gasteiger partial charge in [0, 0.05) is 5.92 Å². The molecule has 1 rings (SSSR count). The van der Waals surface area contributed by atoms with Crippen molar-refractivity contribution < 1.29 is 0 Å². The Hall–Kier alpha value is -1.24. The summed E-state index contributed by atoms with van der Waals surface area (Å²) in [6.07, 6.45) is 4.17. The number of allylic oxidation sites excluding steroid dienone is 1. The molecule has 72 valence electrons. The molecule has 0 aromatic heterocycles. The maximum Gasteiger partial charge on any atom is 0.0596 e. The lowest BCUT2D eigenvalue weighted by Crippen LogP contribution is -1.98. The molecule has 1 aromatic rings. The quantitative estimate of drug-likeness (QED) is 0.415. The Bertz CT molecular complexity index is 337. The molecule has 0 radical (unpaired) electrons. The zero-order valence-electron chi connectivity index (χ0n) is 8.18. The first-order valence-corrected chi connectivity index (χ1v) is 5.00. The van der Waals surface area contributed by atoms with E-state index in [1.165, 1.54) is 5.56 Å². The number of benzene rings is 1. The van der Waals surface area contributed by atoms with Gasteiger partial charge in [-0.2, -0.15) is 0 Å². The van der Waals surface area contributed by atoms with E-state index in [0.29, 0.717) is 12.5 Å². The molecule has 0 fully saturated rings. The molecule has 1 atom stereocenters. The molecule has 1 aromatic carbocycles. The number of rotatable bonds is 4. The maximum absolute atomic E-state index is 4.56. The highest BCUT2D eigenvalue weighted by Crippen LogP contribution is 2.17. The van der Waals surface area contributed by atoms with Crippen molar-refractivity contribution >= 4 is 17.4 Å². The van der Waals surface area contributed by atoms with Gasteiger partial charge in [-0.25, -0.2) is 4.99 Å². The average Bonchev–Trinajstić information content (AvgIpc) is 2.25. The minimum absolute atomic E-state index is 0.316. The largest absolute Gasteiger partial charge is 0.232 e. The van der Waals surface area contributed by atoms with Gasteiger partial charge in [0.25, 0.3) is 0 Å². The molecule has 0 N–H and O–H groups in total. The summed E-state index contributed by atoms with van der Waals surface area (Å²) in [6, 6.07) is 10.3. The molecule has 0 aliphatic rings. The number of nitrogens with zero attached hydrogens (tertiary/aromatic N) is 1. The topological polar surface area (TPSA) is 12.4 Å². The van der Waals surface area contributed by atoms with Crippen molar-refractivity contribution in [3.63, 3.8) is 0 Å². The summed E-state index contributed by atoms with van der Waals surface area (Å²) in [4.78, 5) is 3.98. The van der Waals surface area contributed by atoms with E-state index in [1.54, 1.807) is 0 Å². The molecule has 2 heteroatoms. The fourth-order valence-corrected chi connectivity index (χ4v) is 1.42. The van der Waals surface area contributed by atoms with E-state index < -0.39 is 0 Å². The first-order chi connectivity index (χ1) is 6.88. The van der Waals surface area contributed by atoms with E-state index >= 15 is 0 Å². The summed E-state index contributed by atoms with van der Waals surface area (Å²) in [6.45, 7) is 2.69. The van der Waals surface area contributed by atoms with Crippen LogP contribution in [0.1, 0.15) is 18.4 Å². The van der Waals surface area contributed by atoms with E-state index in [1.807, 2.05) is 31.2 Å². The van der Waals surface area contributed by atoms with Gasteiger partial charge in [-0.15, -0.1) is 0 Å². The first kappa shape index (κ1) is 10.8. The van der Waals surface area contributed by atoms with Crippen molar-refractivity contribution in [2.45, 2.75) is 12.8 Å². The van der Waals surface area contributed by atoms with Crippen molar-refractivity contribution in [2.75, 3.05) is 6.54 Å². The van der Waals surface area contributed by atoms with Crippen LogP contribution in [0.2, 0.25) is 0 Å². The molecular weight excluding hydrogens is 190 g/mol. The summed E-state index contributed by atoms with van der Waals surface area (Å²) in [5.41, 5.74) is 1.26. The molecule has 14 heavy (non-hydrogen) atoms. The first-order valence-electron chi connectivity index (χ1n) is 4.60. The van der Waals surface area contributed by atoms with Gasteiger partial charge in [-0.05, 0) is 24.7 Å². The minimum Gasteiger partial charge on any atom is -0.232 e. The number of isothiocyanates is 1. The predicted molar refractivity (Wildman–Crippen MR) is 63.9 cm³/mol. The second-order valence-corrected chi connectivity index (χ2v) is 3.16. The van der Waals surface area contributed by atoms with Crippen molar-refractivity contribution in [2.24, 2.45) is 4.99 Å². The highest BCUT2D eigenvalue weighted by molar-refractivity contribution is 7.78. The van der Waals surface area contributed by atoms with Crippen molar-refractivity contribution in [1.29, 1.82) is 0 Å². The molecule has 0 aliphatic carbocycles. The third-order valence-corrected chi connectivity index (χ3v) is 2.13. The van der Waals surface area contributed by atoms with Gasteiger partial charge in [0.05, 0.1) is 11.7 Å². The Morgan fingerprint density at radius 1 is 1.43 bits per heavy atom. The van der Waals surface area contributed by atoms with E-state index in [2.05, 4.69) is 40.6 Å². The fraction of sp³-hybridized carbons (Fsp3) is 0.250. The molecular formula is C12H13NS. The number of hydrogen-bond donors (Lipinski definition) is 0. The molecule has 0 amide bonds. The lowest BCUT2D eigenvalue weighted by atomic mass is 9.99. The lowest BCUT2D eigenvalue weighted by molar-refractivity contribution is 0.854. The average molecular weight is 203 g/mol. The Kier molecular flexibility index (Phi) is 4.84. The van der Waals surface area contributed by atoms with E-state index in [0.717, 1.165) is 0 Å². The molecule has 1 nitrogen and oxygen atoms in total. The van der Waals surface area contributed by atoms with Gasteiger partial charge in [0.1, 0.15) is 0 Å². The van der Waals surface area contributed by atoms with Gasteiger partial charge in [-0.3, -0.25) is 0 Å². The van der Waals surface area contributed by atoms with Crippen molar-refractivity contribution in [1.82, 2.24) is 0 Å². The summed E-state index contributed by atoms with van der Waals surface area (Å²) in [5.74, 6) is 0.316. The van der Waals surface area contributed by atoms with Crippen molar-refractivity contribution in [3.8, 4) is 0 Å². The van der Waals surface area contributed by atoms with E-state index in [-0.39, 0.29) is 0 Å². The normalized spacial score (nSPS) is 12.4. The highest BCUT2D eigenvalue weighted by atomic mass is 32.1. The second kappa shape index (κ2) is 6.25. The summed E-state index contributed by atoms with van der Waals surface area (Å²) in [5, 5.41) is 2.40. The zero-order chi connectivity index (χ0) is 10.2. The van der Waals surface area contributed by atoms with Crippen LogP contribution in [-0.4, -0.2) is 11.7 Å². The highest BCUT2D eigenvalue weighted by Gasteiger charge is 2.05. The van der Waals surface area contributed by atoms with Crippen LogP contribution in [-0.2, 0) is 0 Å². The predicted octanol–water partition coefficient (Wildman–Crippen LogP) is 3.45. The van der Waals surface area contributed by atoms with Crippen LogP contribution in [0.25, 0.3) is 0 Å². The Labute approximate surface area is 90.2 Å². The molecule has 0 heterocycles. The molecule has 0 saturated carbocycles. The Morgan fingerprint density at radius 2 is 2.14 bits per heavy atom. The minimum atomic E-state index is 0.316.